The van der Waals surface area contributed by atoms with Gasteiger partial charge in [-0.3, -0.25) is 18.8 Å². The maximum absolute atomic E-state index is 12.7. The van der Waals surface area contributed by atoms with E-state index >= 15 is 0 Å². The molecule has 1 aromatic carbocycles. The first-order valence-electron chi connectivity index (χ1n) is 12.7. The monoisotopic (exact) mass is 552 g/mol. The number of ether oxygens (including phenoxy) is 2. The number of carbonyl (C=O) groups is 1. The van der Waals surface area contributed by atoms with E-state index in [1.54, 1.807) is 18.3 Å². The first-order chi connectivity index (χ1) is 19.2. The maximum Gasteiger partial charge on any atom is 0.389 e. The number of hydrogen-bond acceptors (Lipinski definition) is 7. The zero-order valence-electron chi connectivity index (χ0n) is 22.0. The van der Waals surface area contributed by atoms with Gasteiger partial charge in [-0.25, -0.2) is 4.98 Å². The smallest absolute Gasteiger partial charge is 0.389 e. The molecule has 5 rings (SSSR count). The van der Waals surface area contributed by atoms with Crippen LogP contribution in [-0.4, -0.2) is 69.9 Å². The van der Waals surface area contributed by atoms with E-state index in [-0.39, 0.29) is 23.1 Å². The van der Waals surface area contributed by atoms with Gasteiger partial charge >= 0.3 is 6.18 Å². The van der Waals surface area contributed by atoms with Crippen molar-refractivity contribution in [1.82, 2.24) is 24.1 Å². The average molecular weight is 553 g/mol. The molecule has 9 nitrogen and oxygen atoms in total. The predicted octanol–water partition coefficient (Wildman–Crippen LogP) is 5.18. The van der Waals surface area contributed by atoms with Gasteiger partial charge in [-0.1, -0.05) is 0 Å². The third-order valence-electron chi connectivity index (χ3n) is 7.02. The molecule has 1 aliphatic rings. The number of pyridine rings is 1. The van der Waals surface area contributed by atoms with E-state index in [1.165, 1.54) is 14.2 Å². The Bertz CT molecular complexity index is 1560. The van der Waals surface area contributed by atoms with Crippen molar-refractivity contribution >= 4 is 11.4 Å². The second-order valence-electron chi connectivity index (χ2n) is 9.61. The third kappa shape index (κ3) is 5.51. The van der Waals surface area contributed by atoms with Crippen molar-refractivity contribution in [3.8, 4) is 40.0 Å². The topological polar surface area (TPSA) is 97.7 Å². The molecule has 1 aliphatic heterocycles. The van der Waals surface area contributed by atoms with Crippen LogP contribution >= 0.6 is 0 Å². The number of ketones is 1. The molecule has 0 atom stereocenters. The van der Waals surface area contributed by atoms with Crippen LogP contribution in [0.15, 0.2) is 49.1 Å². The number of methoxy groups -OCH3 is 2. The normalized spacial score (nSPS) is 14.2. The summed E-state index contributed by atoms with van der Waals surface area (Å²) in [5.74, 6) is -0.455. The Morgan fingerprint density at radius 3 is 2.48 bits per heavy atom. The summed E-state index contributed by atoms with van der Waals surface area (Å²) in [7, 11) is 2.71. The number of Topliss-reactive ketones (excluding diaryl/α,β-unsaturated/α-hetero) is 1. The number of benzene rings is 1. The molecule has 0 saturated carbocycles. The molecule has 0 bridgehead atoms. The second-order valence-corrected chi connectivity index (χ2v) is 9.61. The van der Waals surface area contributed by atoms with E-state index < -0.39 is 24.8 Å². The summed E-state index contributed by atoms with van der Waals surface area (Å²) >= 11 is 0. The van der Waals surface area contributed by atoms with E-state index in [0.29, 0.717) is 23.3 Å². The zero-order chi connectivity index (χ0) is 28.4. The highest BCUT2D eigenvalue weighted by atomic mass is 19.4. The van der Waals surface area contributed by atoms with Crippen LogP contribution in [-0.2, 0) is 0 Å². The van der Waals surface area contributed by atoms with Gasteiger partial charge in [0.15, 0.2) is 5.78 Å². The van der Waals surface area contributed by atoms with E-state index in [4.69, 9.17) is 14.7 Å². The van der Waals surface area contributed by atoms with Crippen molar-refractivity contribution < 1.29 is 27.4 Å². The summed E-state index contributed by atoms with van der Waals surface area (Å²) in [6.07, 6.45) is 1.52. The second kappa shape index (κ2) is 11.0. The van der Waals surface area contributed by atoms with E-state index in [0.717, 1.165) is 30.8 Å². The molecule has 4 aromatic rings. The Morgan fingerprint density at radius 2 is 1.82 bits per heavy atom. The highest BCUT2D eigenvalue weighted by Gasteiger charge is 2.31. The fraction of sp³-hybridized carbons (Fsp3) is 0.357. The molecule has 0 aliphatic carbocycles. The van der Waals surface area contributed by atoms with Crippen LogP contribution in [0.2, 0.25) is 0 Å². The minimum atomic E-state index is -4.44. The standard InChI is InChI=1S/C28H27F3N6O3/c1-39-24-10-19(11-25(40-2)27(24)23(38)4-6-28(29,30)31)22-14-33-26-12-18(5-9-36(22)26)20-13-34-37(15-20)21-16-35(17-21)8-3-7-32/h5,9-15,21H,3-4,6,8,16-17H2,1-2H3. The highest BCUT2D eigenvalue weighted by molar-refractivity contribution is 6.02. The number of alkyl halides is 3. The van der Waals surface area contributed by atoms with Gasteiger partial charge in [-0.15, -0.1) is 0 Å². The first kappa shape index (κ1) is 27.2. The summed E-state index contributed by atoms with van der Waals surface area (Å²) in [6, 6.07) is 9.54. The molecule has 40 heavy (non-hydrogen) atoms. The lowest BCUT2D eigenvalue weighted by Crippen LogP contribution is -2.47. The van der Waals surface area contributed by atoms with Crippen LogP contribution < -0.4 is 9.47 Å². The van der Waals surface area contributed by atoms with Crippen molar-refractivity contribution in [3.63, 3.8) is 0 Å². The van der Waals surface area contributed by atoms with Gasteiger partial charge in [-0.2, -0.15) is 23.5 Å². The van der Waals surface area contributed by atoms with Crippen molar-refractivity contribution in [2.75, 3.05) is 33.9 Å². The number of fused-ring (bicyclic) bond motifs is 1. The molecule has 208 valence electrons. The van der Waals surface area contributed by atoms with Crippen LogP contribution in [0.1, 0.15) is 35.7 Å². The van der Waals surface area contributed by atoms with Crippen LogP contribution in [0, 0.1) is 11.3 Å². The molecule has 12 heteroatoms. The number of halogens is 3. The minimum absolute atomic E-state index is 0.0224. The molecule has 4 heterocycles. The van der Waals surface area contributed by atoms with Gasteiger partial charge in [0.1, 0.15) is 22.7 Å². The van der Waals surface area contributed by atoms with Gasteiger partial charge in [0.2, 0.25) is 0 Å². The molecular formula is C28H27F3N6O3. The Labute approximate surface area is 228 Å². The van der Waals surface area contributed by atoms with Crippen LogP contribution in [0.25, 0.3) is 28.0 Å². The summed E-state index contributed by atoms with van der Waals surface area (Å²) < 4.78 is 52.7. The maximum atomic E-state index is 12.7. The third-order valence-corrected chi connectivity index (χ3v) is 7.02. The van der Waals surface area contributed by atoms with Crippen molar-refractivity contribution in [3.05, 3.63) is 54.6 Å². The summed E-state index contributed by atoms with van der Waals surface area (Å²) in [5.41, 5.74) is 3.86. The summed E-state index contributed by atoms with van der Waals surface area (Å²) in [4.78, 5) is 19.4. The van der Waals surface area contributed by atoms with Crippen molar-refractivity contribution in [2.45, 2.75) is 31.5 Å². The first-order valence-corrected chi connectivity index (χ1v) is 12.7. The van der Waals surface area contributed by atoms with Gasteiger partial charge < -0.3 is 9.47 Å². The van der Waals surface area contributed by atoms with Gasteiger partial charge in [-0.05, 0) is 29.8 Å². The molecule has 0 spiro atoms. The quantitative estimate of drug-likeness (QED) is 0.250. The van der Waals surface area contributed by atoms with E-state index in [2.05, 4.69) is 21.1 Å². The number of likely N-dealkylation sites (tertiary alicyclic amines) is 1. The number of hydrogen-bond donors (Lipinski definition) is 0. The fourth-order valence-electron chi connectivity index (χ4n) is 4.88. The number of nitrogens with zero attached hydrogens (tertiary/aromatic N) is 6. The largest absolute Gasteiger partial charge is 0.496 e. The number of imidazole rings is 1. The average Bonchev–Trinajstić information content (AvgIpc) is 3.57. The van der Waals surface area contributed by atoms with E-state index in [1.807, 2.05) is 39.8 Å². The molecular weight excluding hydrogens is 525 g/mol. The number of nitriles is 1. The zero-order valence-corrected chi connectivity index (χ0v) is 22.0. The van der Waals surface area contributed by atoms with Gasteiger partial charge in [0.05, 0.1) is 50.8 Å². The van der Waals surface area contributed by atoms with Crippen LogP contribution in [0.5, 0.6) is 11.5 Å². The number of aromatic nitrogens is 4. The molecule has 3 aromatic heterocycles. The Balaban J connectivity index is 1.39. The molecule has 0 N–H and O–H groups in total. The van der Waals surface area contributed by atoms with Crippen molar-refractivity contribution in [1.29, 1.82) is 5.26 Å². The molecule has 0 radical (unpaired) electrons. The summed E-state index contributed by atoms with van der Waals surface area (Å²) in [6.45, 7) is 2.50. The minimum Gasteiger partial charge on any atom is -0.496 e. The SMILES string of the molecule is COc1cc(-c2cnc3cc(-c4cnn(C5CN(CCC#N)C5)c4)ccn23)cc(OC)c1C(=O)CCC(F)(F)F. The summed E-state index contributed by atoms with van der Waals surface area (Å²) in [5, 5.41) is 13.3. The Hall–Kier alpha value is -4.37. The van der Waals surface area contributed by atoms with Crippen LogP contribution in [0.4, 0.5) is 13.2 Å². The number of carbonyl (C=O) groups excluding carboxylic acids is 1. The molecule has 1 saturated heterocycles. The molecule has 1 fully saturated rings. The lowest BCUT2D eigenvalue weighted by atomic mass is 10.0. The van der Waals surface area contributed by atoms with Crippen molar-refractivity contribution in [2.24, 2.45) is 0 Å². The Morgan fingerprint density at radius 1 is 1.10 bits per heavy atom. The number of rotatable bonds is 10. The Kier molecular flexibility index (Phi) is 7.49. The predicted molar refractivity (Wildman–Crippen MR) is 140 cm³/mol. The van der Waals surface area contributed by atoms with Gasteiger partial charge in [0, 0.05) is 56.0 Å². The fourth-order valence-corrected chi connectivity index (χ4v) is 4.88. The highest BCUT2D eigenvalue weighted by Crippen LogP contribution is 2.37. The van der Waals surface area contributed by atoms with Gasteiger partial charge in [0.25, 0.3) is 0 Å². The lowest BCUT2D eigenvalue weighted by Gasteiger charge is -2.38. The van der Waals surface area contributed by atoms with Crippen LogP contribution in [0.3, 0.4) is 0 Å². The lowest BCUT2D eigenvalue weighted by molar-refractivity contribution is -0.133. The molecule has 0 amide bonds. The molecule has 0 unspecified atom stereocenters. The van der Waals surface area contributed by atoms with E-state index in [9.17, 15) is 18.0 Å².